The summed E-state index contributed by atoms with van der Waals surface area (Å²) in [6, 6.07) is 18.1. The van der Waals surface area contributed by atoms with E-state index in [-0.39, 0.29) is 0 Å². The number of hydrogen-bond acceptors (Lipinski definition) is 2. The Bertz CT molecular complexity index is 675. The van der Waals surface area contributed by atoms with Crippen LogP contribution < -0.4 is 4.74 Å². The molecule has 3 rings (SSSR count). The maximum absolute atomic E-state index is 5.23. The molecule has 2 aromatic carbocycles. The van der Waals surface area contributed by atoms with Crippen LogP contribution in [0.5, 0.6) is 5.75 Å². The molecule has 0 atom stereocenters. The molecule has 0 saturated carbocycles. The number of nitrogens with zero attached hydrogens (tertiary/aromatic N) is 2. The molecule has 0 bridgehead atoms. The van der Waals surface area contributed by atoms with Crippen LogP contribution in [0.3, 0.4) is 0 Å². The van der Waals surface area contributed by atoms with Crippen LogP contribution in [0.4, 0.5) is 0 Å². The maximum atomic E-state index is 5.23. The Labute approximate surface area is 139 Å². The summed E-state index contributed by atoms with van der Waals surface area (Å²) in [5.41, 5.74) is 3.25. The fourth-order valence-electron chi connectivity index (χ4n) is 2.00. The molecule has 122 valence electrons. The first kappa shape index (κ1) is 18.5. The Morgan fingerprint density at radius 2 is 1.52 bits per heavy atom. The molecule has 0 aliphatic carbocycles. The van der Waals surface area contributed by atoms with Crippen LogP contribution in [-0.2, 0) is 0 Å². The van der Waals surface area contributed by atoms with E-state index in [4.69, 9.17) is 4.74 Å². The van der Waals surface area contributed by atoms with E-state index in [9.17, 15) is 0 Å². The molecule has 0 amide bonds. The first-order valence-corrected chi connectivity index (χ1v) is 8.11. The van der Waals surface area contributed by atoms with Gasteiger partial charge in [-0.2, -0.15) is 5.10 Å². The molecule has 0 N–H and O–H groups in total. The number of hydrogen-bond donors (Lipinski definition) is 0. The lowest BCUT2D eigenvalue weighted by Gasteiger charge is -2.04. The van der Waals surface area contributed by atoms with Crippen LogP contribution >= 0.6 is 0 Å². The third-order valence-electron chi connectivity index (χ3n) is 3.01. The normalized spacial score (nSPS) is 9.09. The smallest absolute Gasteiger partial charge is 0.121 e. The molecule has 3 nitrogen and oxygen atoms in total. The summed E-state index contributed by atoms with van der Waals surface area (Å²) < 4.78 is 7.08. The third kappa shape index (κ3) is 4.99. The standard InChI is InChI=1S/C16H14N2O.2C2H6/c1-19-16-9-5-8-15(10-16)18-12-14(11-17-18)13-6-3-2-4-7-13;2*1-2/h2-12H,1H3;2*1-2H3. The summed E-state index contributed by atoms with van der Waals surface area (Å²) >= 11 is 0. The van der Waals surface area contributed by atoms with E-state index in [1.165, 1.54) is 0 Å². The Morgan fingerprint density at radius 3 is 2.17 bits per heavy atom. The predicted octanol–water partition coefficient (Wildman–Crippen LogP) is 5.60. The summed E-state index contributed by atoms with van der Waals surface area (Å²) in [6.07, 6.45) is 3.89. The highest BCUT2D eigenvalue weighted by Gasteiger charge is 2.03. The van der Waals surface area contributed by atoms with Crippen molar-refractivity contribution >= 4 is 0 Å². The van der Waals surface area contributed by atoms with Gasteiger partial charge in [0.15, 0.2) is 0 Å². The fourth-order valence-corrected chi connectivity index (χ4v) is 2.00. The number of methoxy groups -OCH3 is 1. The zero-order chi connectivity index (χ0) is 17.1. The Hall–Kier alpha value is -2.55. The minimum absolute atomic E-state index is 0.828. The summed E-state index contributed by atoms with van der Waals surface area (Å²) in [7, 11) is 1.66. The first-order valence-electron chi connectivity index (χ1n) is 8.11. The molecule has 0 spiro atoms. The average molecular weight is 310 g/mol. The van der Waals surface area contributed by atoms with Crippen LogP contribution in [0, 0.1) is 0 Å². The number of aromatic nitrogens is 2. The van der Waals surface area contributed by atoms with E-state index in [1.54, 1.807) is 7.11 Å². The molecule has 1 aromatic heterocycles. The predicted molar refractivity (Wildman–Crippen MR) is 98.2 cm³/mol. The van der Waals surface area contributed by atoms with Crippen LogP contribution in [-0.4, -0.2) is 16.9 Å². The van der Waals surface area contributed by atoms with E-state index in [1.807, 2.05) is 87.2 Å². The second kappa shape index (κ2) is 10.2. The number of ether oxygens (including phenoxy) is 1. The van der Waals surface area contributed by atoms with Crippen molar-refractivity contribution in [2.24, 2.45) is 0 Å². The summed E-state index contributed by atoms with van der Waals surface area (Å²) in [5, 5.41) is 4.40. The molecule has 23 heavy (non-hydrogen) atoms. The largest absolute Gasteiger partial charge is 0.497 e. The third-order valence-corrected chi connectivity index (χ3v) is 3.01. The van der Waals surface area contributed by atoms with E-state index in [0.717, 1.165) is 22.6 Å². The summed E-state index contributed by atoms with van der Waals surface area (Å²) in [6.45, 7) is 8.00. The molecule has 0 radical (unpaired) electrons. The fraction of sp³-hybridized carbons (Fsp3) is 0.250. The van der Waals surface area contributed by atoms with Crippen LogP contribution in [0.2, 0.25) is 0 Å². The quantitative estimate of drug-likeness (QED) is 0.629. The zero-order valence-corrected chi connectivity index (χ0v) is 14.7. The van der Waals surface area contributed by atoms with Crippen molar-refractivity contribution in [1.82, 2.24) is 9.78 Å². The van der Waals surface area contributed by atoms with Gasteiger partial charge in [0.2, 0.25) is 0 Å². The SMILES string of the molecule is CC.CC.COc1cccc(-n2cc(-c3ccccc3)cn2)c1. The van der Waals surface area contributed by atoms with E-state index >= 15 is 0 Å². The summed E-state index contributed by atoms with van der Waals surface area (Å²) in [5.74, 6) is 0.828. The van der Waals surface area contributed by atoms with Crippen molar-refractivity contribution in [3.63, 3.8) is 0 Å². The van der Waals surface area contributed by atoms with E-state index in [2.05, 4.69) is 17.2 Å². The second-order valence-corrected chi connectivity index (χ2v) is 4.24. The van der Waals surface area contributed by atoms with Crippen molar-refractivity contribution in [3.05, 3.63) is 67.0 Å². The minimum atomic E-state index is 0.828. The Morgan fingerprint density at radius 1 is 0.826 bits per heavy atom. The van der Waals surface area contributed by atoms with Crippen molar-refractivity contribution < 1.29 is 4.74 Å². The highest BCUT2D eigenvalue weighted by Crippen LogP contribution is 2.21. The zero-order valence-electron chi connectivity index (χ0n) is 14.7. The highest BCUT2D eigenvalue weighted by atomic mass is 16.5. The van der Waals surface area contributed by atoms with Crippen molar-refractivity contribution in [1.29, 1.82) is 0 Å². The summed E-state index contributed by atoms with van der Waals surface area (Å²) in [4.78, 5) is 0. The lowest BCUT2D eigenvalue weighted by atomic mass is 10.1. The lowest BCUT2D eigenvalue weighted by Crippen LogP contribution is -1.94. The molecule has 0 unspecified atom stereocenters. The van der Waals surface area contributed by atoms with Gasteiger partial charge in [-0.15, -0.1) is 0 Å². The van der Waals surface area contributed by atoms with Gasteiger partial charge in [-0.25, -0.2) is 4.68 Å². The van der Waals surface area contributed by atoms with Gasteiger partial charge in [0, 0.05) is 17.8 Å². The number of benzene rings is 2. The van der Waals surface area contributed by atoms with Gasteiger partial charge < -0.3 is 4.74 Å². The topological polar surface area (TPSA) is 27.1 Å². The van der Waals surface area contributed by atoms with E-state index in [0.29, 0.717) is 0 Å². The van der Waals surface area contributed by atoms with Crippen molar-refractivity contribution in [3.8, 4) is 22.6 Å². The van der Waals surface area contributed by atoms with Crippen LogP contribution in [0.15, 0.2) is 67.0 Å². The second-order valence-electron chi connectivity index (χ2n) is 4.24. The molecular formula is C20H26N2O. The Balaban J connectivity index is 0.000000615. The van der Waals surface area contributed by atoms with Crippen LogP contribution in [0.1, 0.15) is 27.7 Å². The molecule has 1 heterocycles. The lowest BCUT2D eigenvalue weighted by molar-refractivity contribution is 0.414. The molecule has 0 aliphatic heterocycles. The van der Waals surface area contributed by atoms with Gasteiger partial charge in [-0.3, -0.25) is 0 Å². The van der Waals surface area contributed by atoms with Crippen molar-refractivity contribution in [2.75, 3.05) is 7.11 Å². The first-order chi connectivity index (χ1) is 11.4. The minimum Gasteiger partial charge on any atom is -0.497 e. The molecule has 3 heteroatoms. The van der Waals surface area contributed by atoms with Gasteiger partial charge in [0.25, 0.3) is 0 Å². The highest BCUT2D eigenvalue weighted by molar-refractivity contribution is 5.62. The number of rotatable bonds is 3. The molecule has 0 fully saturated rings. The monoisotopic (exact) mass is 310 g/mol. The molecule has 3 aromatic rings. The Kier molecular flexibility index (Phi) is 8.22. The maximum Gasteiger partial charge on any atom is 0.121 e. The van der Waals surface area contributed by atoms with Gasteiger partial charge in [-0.1, -0.05) is 64.1 Å². The van der Waals surface area contributed by atoms with E-state index < -0.39 is 0 Å². The molecule has 0 aliphatic rings. The van der Waals surface area contributed by atoms with Gasteiger partial charge in [0.05, 0.1) is 19.0 Å². The molecular weight excluding hydrogens is 284 g/mol. The van der Waals surface area contributed by atoms with Gasteiger partial charge in [-0.05, 0) is 17.7 Å². The average Bonchev–Trinajstić information content (AvgIpc) is 3.16. The van der Waals surface area contributed by atoms with Crippen LogP contribution in [0.25, 0.3) is 16.8 Å². The molecule has 0 saturated heterocycles. The van der Waals surface area contributed by atoms with Gasteiger partial charge >= 0.3 is 0 Å². The van der Waals surface area contributed by atoms with Gasteiger partial charge in [0.1, 0.15) is 5.75 Å². The van der Waals surface area contributed by atoms with Crippen molar-refractivity contribution in [2.45, 2.75) is 27.7 Å².